The number of aliphatic carboxylic acids is 1. The van der Waals surface area contributed by atoms with E-state index in [9.17, 15) is 9.59 Å². The van der Waals surface area contributed by atoms with Gasteiger partial charge in [0.05, 0.1) is 11.9 Å². The van der Waals surface area contributed by atoms with E-state index in [0.717, 1.165) is 47.4 Å². The maximum absolute atomic E-state index is 12.6. The summed E-state index contributed by atoms with van der Waals surface area (Å²) in [5.74, 6) is -1.71. The van der Waals surface area contributed by atoms with Gasteiger partial charge in [-0.25, -0.2) is 9.78 Å². The fourth-order valence-corrected chi connectivity index (χ4v) is 4.64. The molecule has 1 aliphatic carbocycles. The van der Waals surface area contributed by atoms with E-state index in [2.05, 4.69) is 15.5 Å². The number of rotatable bonds is 6. The first-order valence-corrected chi connectivity index (χ1v) is 10.4. The van der Waals surface area contributed by atoms with Crippen molar-refractivity contribution in [3.63, 3.8) is 0 Å². The summed E-state index contributed by atoms with van der Waals surface area (Å²) in [5.41, 5.74) is 4.38. The molecule has 10 heteroatoms. The third kappa shape index (κ3) is 3.73. The van der Waals surface area contributed by atoms with Gasteiger partial charge in [0.25, 0.3) is 5.91 Å². The number of aliphatic hydroxyl groups is 1. The standard InChI is InChI=1S/C19H18ClN3O5S/c20-14-8-21-18(29-14)11-7-12-15(10-4-2-1-3-9(10)11)22-17(25)16(12)23-28-13(5-6-24)19(26)27/h7-8,13,24H,1-6H2,(H,26,27)(H,22,23,25). The molecule has 29 heavy (non-hydrogen) atoms. The maximum Gasteiger partial charge on any atom is 0.347 e. The molecule has 0 bridgehead atoms. The van der Waals surface area contributed by atoms with Crippen LogP contribution in [0.1, 0.15) is 36.0 Å². The smallest absolute Gasteiger partial charge is 0.347 e. The van der Waals surface area contributed by atoms with Crippen LogP contribution in [0.4, 0.5) is 5.69 Å². The van der Waals surface area contributed by atoms with Crippen LogP contribution >= 0.6 is 22.9 Å². The number of hydrogen-bond acceptors (Lipinski definition) is 7. The van der Waals surface area contributed by atoms with Crippen LogP contribution in [0.15, 0.2) is 17.4 Å². The number of carbonyl (C=O) groups is 2. The Kier molecular flexibility index (Phi) is 5.53. The molecule has 1 atom stereocenters. The second kappa shape index (κ2) is 8.10. The number of benzene rings is 1. The highest BCUT2D eigenvalue weighted by Crippen LogP contribution is 2.42. The molecule has 0 saturated carbocycles. The van der Waals surface area contributed by atoms with E-state index in [1.54, 1.807) is 6.20 Å². The van der Waals surface area contributed by atoms with Crippen LogP contribution in [0.25, 0.3) is 10.6 Å². The van der Waals surface area contributed by atoms with Gasteiger partial charge >= 0.3 is 5.97 Å². The van der Waals surface area contributed by atoms with Crippen molar-refractivity contribution in [2.75, 3.05) is 11.9 Å². The molecule has 152 valence electrons. The summed E-state index contributed by atoms with van der Waals surface area (Å²) in [6.07, 6.45) is 3.90. The molecule has 1 amide bonds. The predicted molar refractivity (Wildman–Crippen MR) is 109 cm³/mol. The highest BCUT2D eigenvalue weighted by Gasteiger charge is 2.34. The molecule has 2 aromatic rings. The van der Waals surface area contributed by atoms with E-state index in [0.29, 0.717) is 15.6 Å². The molecule has 0 saturated heterocycles. The number of carbonyl (C=O) groups excluding carboxylic acids is 1. The Morgan fingerprint density at radius 1 is 1.34 bits per heavy atom. The SMILES string of the molecule is O=C1Nc2c(cc(-c3ncc(Cl)s3)c3c2CCCC3)/C1=N/OC(CCO)C(=O)O. The summed E-state index contributed by atoms with van der Waals surface area (Å²) < 4.78 is 0.574. The number of aliphatic hydroxyl groups excluding tert-OH is 1. The summed E-state index contributed by atoms with van der Waals surface area (Å²) >= 11 is 7.44. The first-order valence-electron chi connectivity index (χ1n) is 9.19. The minimum Gasteiger partial charge on any atom is -0.478 e. The van der Waals surface area contributed by atoms with E-state index in [-0.39, 0.29) is 18.7 Å². The molecule has 3 N–H and O–H groups in total. The van der Waals surface area contributed by atoms with Gasteiger partial charge in [-0.3, -0.25) is 4.79 Å². The van der Waals surface area contributed by atoms with Gasteiger partial charge in [-0.2, -0.15) is 0 Å². The zero-order chi connectivity index (χ0) is 20.5. The number of carboxylic acids is 1. The molecule has 2 aliphatic rings. The molecule has 4 rings (SSSR count). The number of amides is 1. The molecule has 1 unspecified atom stereocenters. The zero-order valence-electron chi connectivity index (χ0n) is 15.3. The van der Waals surface area contributed by atoms with Crippen molar-refractivity contribution < 1.29 is 24.6 Å². The summed E-state index contributed by atoms with van der Waals surface area (Å²) in [6, 6.07) is 1.84. The van der Waals surface area contributed by atoms with E-state index in [1.165, 1.54) is 11.3 Å². The van der Waals surface area contributed by atoms with Crippen molar-refractivity contribution in [3.8, 4) is 10.6 Å². The van der Waals surface area contributed by atoms with Crippen LogP contribution in [0, 0.1) is 0 Å². The molecule has 0 radical (unpaired) electrons. The van der Waals surface area contributed by atoms with Crippen LogP contribution in [-0.2, 0) is 27.3 Å². The lowest BCUT2D eigenvalue weighted by molar-refractivity contribution is -0.151. The first kappa shape index (κ1) is 19.8. The summed E-state index contributed by atoms with van der Waals surface area (Å²) in [5, 5.41) is 25.6. The summed E-state index contributed by atoms with van der Waals surface area (Å²) in [7, 11) is 0. The number of fused-ring (bicyclic) bond motifs is 3. The van der Waals surface area contributed by atoms with Crippen molar-refractivity contribution in [3.05, 3.63) is 33.3 Å². The molecule has 1 aromatic carbocycles. The van der Waals surface area contributed by atoms with Gasteiger partial charge in [0.2, 0.25) is 6.10 Å². The topological polar surface area (TPSA) is 121 Å². The van der Waals surface area contributed by atoms with Gasteiger partial charge in [-0.1, -0.05) is 16.8 Å². The van der Waals surface area contributed by atoms with E-state index in [4.69, 9.17) is 26.7 Å². The van der Waals surface area contributed by atoms with Crippen molar-refractivity contribution in [2.45, 2.75) is 38.2 Å². The molecule has 1 aromatic heterocycles. The molecular weight excluding hydrogens is 418 g/mol. The Balaban J connectivity index is 1.80. The predicted octanol–water partition coefficient (Wildman–Crippen LogP) is 2.85. The minimum atomic E-state index is -1.33. The average Bonchev–Trinajstić information content (AvgIpc) is 3.27. The molecule has 1 aliphatic heterocycles. The Morgan fingerprint density at radius 3 is 2.76 bits per heavy atom. The van der Waals surface area contributed by atoms with Crippen LogP contribution in [0.2, 0.25) is 4.34 Å². The van der Waals surface area contributed by atoms with Crippen molar-refractivity contribution >= 4 is 46.2 Å². The fraction of sp³-hybridized carbons (Fsp3) is 0.368. The Bertz CT molecular complexity index is 1020. The highest BCUT2D eigenvalue weighted by molar-refractivity contribution is 7.18. The molecule has 0 spiro atoms. The zero-order valence-corrected chi connectivity index (χ0v) is 16.8. The second-order valence-corrected chi connectivity index (χ2v) is 8.48. The van der Waals surface area contributed by atoms with E-state index >= 15 is 0 Å². The first-order chi connectivity index (χ1) is 14.0. The van der Waals surface area contributed by atoms with Crippen molar-refractivity contribution in [1.29, 1.82) is 0 Å². The van der Waals surface area contributed by atoms with Gasteiger partial charge in [0.15, 0.2) is 5.71 Å². The van der Waals surface area contributed by atoms with Crippen LogP contribution < -0.4 is 5.32 Å². The third-order valence-electron chi connectivity index (χ3n) is 5.01. The quantitative estimate of drug-likeness (QED) is 0.600. The van der Waals surface area contributed by atoms with Crippen LogP contribution in [0.3, 0.4) is 0 Å². The molecule has 2 heterocycles. The van der Waals surface area contributed by atoms with E-state index < -0.39 is 18.0 Å². The van der Waals surface area contributed by atoms with Gasteiger partial charge < -0.3 is 20.4 Å². The van der Waals surface area contributed by atoms with Gasteiger partial charge in [-0.15, -0.1) is 11.3 Å². The van der Waals surface area contributed by atoms with Gasteiger partial charge in [-0.05, 0) is 42.9 Å². The van der Waals surface area contributed by atoms with Crippen LogP contribution in [-0.4, -0.2) is 45.5 Å². The van der Waals surface area contributed by atoms with Gasteiger partial charge in [0, 0.05) is 24.2 Å². The number of nitrogens with one attached hydrogen (secondary N) is 1. The normalized spacial score (nSPS) is 17.6. The number of oxime groups is 1. The maximum atomic E-state index is 12.6. The lowest BCUT2D eigenvalue weighted by atomic mass is 9.85. The Hall–Kier alpha value is -2.49. The number of anilines is 1. The minimum absolute atomic E-state index is 0.0152. The summed E-state index contributed by atoms with van der Waals surface area (Å²) in [4.78, 5) is 33.3. The average molecular weight is 436 g/mol. The number of hydrogen-bond donors (Lipinski definition) is 3. The number of carboxylic acid groups (broad SMARTS) is 1. The largest absolute Gasteiger partial charge is 0.478 e. The highest BCUT2D eigenvalue weighted by atomic mass is 35.5. The number of nitrogens with zero attached hydrogens (tertiary/aromatic N) is 2. The molecule has 0 fully saturated rings. The Labute approximate surface area is 175 Å². The fourth-order valence-electron chi connectivity index (χ4n) is 3.68. The summed E-state index contributed by atoms with van der Waals surface area (Å²) in [6.45, 7) is -0.368. The van der Waals surface area contributed by atoms with Gasteiger partial charge in [0.1, 0.15) is 9.34 Å². The lowest BCUT2D eigenvalue weighted by Gasteiger charge is -2.21. The number of halogens is 1. The molecular formula is C19H18ClN3O5S. The lowest BCUT2D eigenvalue weighted by Crippen LogP contribution is -2.24. The van der Waals surface area contributed by atoms with Crippen LogP contribution in [0.5, 0.6) is 0 Å². The number of aromatic nitrogens is 1. The monoisotopic (exact) mass is 435 g/mol. The second-order valence-electron chi connectivity index (χ2n) is 6.82. The van der Waals surface area contributed by atoms with Crippen molar-refractivity contribution in [1.82, 2.24) is 4.98 Å². The Morgan fingerprint density at radius 2 is 2.10 bits per heavy atom. The molecule has 8 nitrogen and oxygen atoms in total. The third-order valence-corrected chi connectivity index (χ3v) is 6.16. The van der Waals surface area contributed by atoms with Crippen molar-refractivity contribution in [2.24, 2.45) is 5.16 Å². The van der Waals surface area contributed by atoms with E-state index in [1.807, 2.05) is 6.07 Å². The number of thiazole rings is 1.